The molecule has 1 atom stereocenters. The third-order valence-corrected chi connectivity index (χ3v) is 3.81. The molecule has 0 saturated carbocycles. The Labute approximate surface area is 149 Å². The summed E-state index contributed by atoms with van der Waals surface area (Å²) >= 11 is 0. The van der Waals surface area contributed by atoms with Gasteiger partial charge >= 0.3 is 5.97 Å². The number of rotatable bonds is 7. The molecule has 0 spiro atoms. The topological polar surface area (TPSA) is 29.5 Å². The third-order valence-electron chi connectivity index (χ3n) is 3.81. The first kappa shape index (κ1) is 18.5. The normalized spacial score (nSPS) is 11.8. The van der Waals surface area contributed by atoms with Crippen LogP contribution in [0.25, 0.3) is 6.08 Å². The molecule has 0 bridgehead atoms. The molecule has 25 heavy (non-hydrogen) atoms. The number of esters is 1. The largest absolute Gasteiger partial charge is 0.468 e. The number of carbonyl (C=O) groups excluding carboxylic acids is 1. The van der Waals surface area contributed by atoms with E-state index < -0.39 is 6.04 Å². The van der Waals surface area contributed by atoms with Gasteiger partial charge in [-0.3, -0.25) is 4.90 Å². The summed E-state index contributed by atoms with van der Waals surface area (Å²) in [4.78, 5) is 14.4. The summed E-state index contributed by atoms with van der Waals surface area (Å²) < 4.78 is 5.04. The van der Waals surface area contributed by atoms with Crippen LogP contribution in [0.5, 0.6) is 0 Å². The monoisotopic (exact) mass is 333 g/mol. The quantitative estimate of drug-likeness (QED) is 0.568. The summed E-state index contributed by atoms with van der Waals surface area (Å²) in [5, 5.41) is 0. The fraction of sp³-hybridized carbons (Fsp3) is 0.227. The van der Waals surface area contributed by atoms with Crippen molar-refractivity contribution in [3.05, 3.63) is 77.9 Å². The van der Waals surface area contributed by atoms with Crippen LogP contribution < -0.4 is 0 Å². The molecule has 0 unspecified atom stereocenters. The van der Waals surface area contributed by atoms with Crippen LogP contribution in [0.3, 0.4) is 0 Å². The zero-order chi connectivity index (χ0) is 17.9. The molecular formula is C22H23NO2. The summed E-state index contributed by atoms with van der Waals surface area (Å²) in [6, 6.07) is 19.3. The Morgan fingerprint density at radius 2 is 1.76 bits per heavy atom. The molecule has 128 valence electrons. The Morgan fingerprint density at radius 3 is 2.36 bits per heavy atom. The Balaban J connectivity index is 2.23. The molecule has 3 nitrogen and oxygen atoms in total. The van der Waals surface area contributed by atoms with Crippen LogP contribution >= 0.6 is 0 Å². The maximum atomic E-state index is 12.4. The first-order valence-corrected chi connectivity index (χ1v) is 8.24. The summed E-state index contributed by atoms with van der Waals surface area (Å²) in [6.45, 7) is 2.89. The van der Waals surface area contributed by atoms with Crippen LogP contribution in [-0.4, -0.2) is 31.1 Å². The molecule has 2 aromatic carbocycles. The number of hydrogen-bond donors (Lipinski definition) is 0. The van der Waals surface area contributed by atoms with E-state index in [1.807, 2.05) is 77.7 Å². The minimum absolute atomic E-state index is 0.280. The van der Waals surface area contributed by atoms with E-state index in [0.29, 0.717) is 13.1 Å². The molecule has 0 aliphatic rings. The standard InChI is InChI=1S/C22H23NO2/c1-3-4-17-23(18-11-14-19-12-7-5-8-13-19)21(22(24)25-2)20-15-9-6-10-16-20/h5-16,21H,17-18H2,1-2H3/b14-11+/t21-/m0/s1. The molecule has 0 aromatic heterocycles. The predicted molar refractivity (Wildman–Crippen MR) is 102 cm³/mol. The van der Waals surface area contributed by atoms with E-state index in [1.165, 1.54) is 7.11 Å². The second-order valence-electron chi connectivity index (χ2n) is 5.51. The van der Waals surface area contributed by atoms with E-state index in [2.05, 4.69) is 11.8 Å². The molecule has 0 radical (unpaired) electrons. The van der Waals surface area contributed by atoms with Gasteiger partial charge < -0.3 is 4.74 Å². The zero-order valence-electron chi connectivity index (χ0n) is 14.7. The SMILES string of the molecule is CC#CCN(C/C=C/c1ccccc1)[C@H](C(=O)OC)c1ccccc1. The summed E-state index contributed by atoms with van der Waals surface area (Å²) in [5.41, 5.74) is 2.03. The average molecular weight is 333 g/mol. The van der Waals surface area contributed by atoms with Gasteiger partial charge in [0, 0.05) is 6.54 Å². The van der Waals surface area contributed by atoms with Gasteiger partial charge in [0.05, 0.1) is 13.7 Å². The number of carbonyl (C=O) groups is 1. The first-order chi connectivity index (χ1) is 12.3. The number of hydrogen-bond acceptors (Lipinski definition) is 3. The Morgan fingerprint density at radius 1 is 1.12 bits per heavy atom. The van der Waals surface area contributed by atoms with Gasteiger partial charge in [-0.25, -0.2) is 4.79 Å². The van der Waals surface area contributed by atoms with Gasteiger partial charge in [0.1, 0.15) is 6.04 Å². The lowest BCUT2D eigenvalue weighted by Gasteiger charge is -2.27. The maximum Gasteiger partial charge on any atom is 0.327 e. The second kappa shape index (κ2) is 10.1. The van der Waals surface area contributed by atoms with Gasteiger partial charge in [-0.1, -0.05) is 78.7 Å². The van der Waals surface area contributed by atoms with Crippen LogP contribution in [0.15, 0.2) is 66.7 Å². The molecule has 0 aliphatic heterocycles. The molecule has 0 N–H and O–H groups in total. The summed E-state index contributed by atoms with van der Waals surface area (Å²) in [6.07, 6.45) is 4.09. The second-order valence-corrected chi connectivity index (χ2v) is 5.51. The van der Waals surface area contributed by atoms with Crippen LogP contribution in [-0.2, 0) is 9.53 Å². The van der Waals surface area contributed by atoms with E-state index in [4.69, 9.17) is 4.74 Å². The van der Waals surface area contributed by atoms with Gasteiger partial charge in [-0.2, -0.15) is 0 Å². The third kappa shape index (κ3) is 5.63. The smallest absolute Gasteiger partial charge is 0.327 e. The minimum atomic E-state index is -0.479. The van der Waals surface area contributed by atoms with Crippen molar-refractivity contribution < 1.29 is 9.53 Å². The fourth-order valence-corrected chi connectivity index (χ4v) is 2.57. The van der Waals surface area contributed by atoms with Crippen molar-refractivity contribution >= 4 is 12.0 Å². The molecule has 3 heteroatoms. The van der Waals surface area contributed by atoms with Gasteiger partial charge in [0.25, 0.3) is 0 Å². The van der Waals surface area contributed by atoms with Gasteiger partial charge in [0.15, 0.2) is 0 Å². The van der Waals surface area contributed by atoms with E-state index in [0.717, 1.165) is 11.1 Å². The van der Waals surface area contributed by atoms with E-state index in [9.17, 15) is 4.79 Å². The lowest BCUT2D eigenvalue weighted by Crippen LogP contribution is -2.35. The fourth-order valence-electron chi connectivity index (χ4n) is 2.57. The molecular weight excluding hydrogens is 310 g/mol. The van der Waals surface area contributed by atoms with Crippen molar-refractivity contribution in [1.29, 1.82) is 0 Å². The summed E-state index contributed by atoms with van der Waals surface area (Å²) in [5.74, 6) is 5.68. The molecule has 0 saturated heterocycles. The van der Waals surface area contributed by atoms with E-state index in [-0.39, 0.29) is 5.97 Å². The molecule has 0 heterocycles. The maximum absolute atomic E-state index is 12.4. The molecule has 0 fully saturated rings. The van der Waals surface area contributed by atoms with Gasteiger partial charge in [-0.05, 0) is 18.1 Å². The van der Waals surface area contributed by atoms with Crippen molar-refractivity contribution in [3.63, 3.8) is 0 Å². The molecule has 2 rings (SSSR count). The molecule has 0 amide bonds. The van der Waals surface area contributed by atoms with Crippen molar-refractivity contribution in [2.45, 2.75) is 13.0 Å². The number of nitrogens with zero attached hydrogens (tertiary/aromatic N) is 1. The van der Waals surface area contributed by atoms with Crippen molar-refractivity contribution in [2.75, 3.05) is 20.2 Å². The highest BCUT2D eigenvalue weighted by atomic mass is 16.5. The van der Waals surface area contributed by atoms with Crippen LogP contribution in [0.1, 0.15) is 24.1 Å². The lowest BCUT2D eigenvalue weighted by molar-refractivity contribution is -0.146. The Bertz CT molecular complexity index is 742. The van der Waals surface area contributed by atoms with Crippen molar-refractivity contribution in [1.82, 2.24) is 4.90 Å². The van der Waals surface area contributed by atoms with Crippen LogP contribution in [0.4, 0.5) is 0 Å². The van der Waals surface area contributed by atoms with E-state index in [1.54, 1.807) is 6.92 Å². The number of ether oxygens (including phenoxy) is 1. The van der Waals surface area contributed by atoms with E-state index >= 15 is 0 Å². The van der Waals surface area contributed by atoms with Gasteiger partial charge in [-0.15, -0.1) is 5.92 Å². The lowest BCUT2D eigenvalue weighted by atomic mass is 10.1. The number of methoxy groups -OCH3 is 1. The first-order valence-electron chi connectivity index (χ1n) is 8.24. The predicted octanol–water partition coefficient (Wildman–Crippen LogP) is 3.94. The number of benzene rings is 2. The van der Waals surface area contributed by atoms with Crippen molar-refractivity contribution in [2.24, 2.45) is 0 Å². The van der Waals surface area contributed by atoms with Gasteiger partial charge in [0.2, 0.25) is 0 Å². The summed E-state index contributed by atoms with van der Waals surface area (Å²) in [7, 11) is 1.42. The Kier molecular flexibility index (Phi) is 7.49. The molecule has 2 aromatic rings. The van der Waals surface area contributed by atoms with Crippen LogP contribution in [0, 0.1) is 11.8 Å². The van der Waals surface area contributed by atoms with Crippen LogP contribution in [0.2, 0.25) is 0 Å². The highest BCUT2D eigenvalue weighted by Crippen LogP contribution is 2.22. The molecule has 0 aliphatic carbocycles. The Hall–Kier alpha value is -2.83. The zero-order valence-corrected chi connectivity index (χ0v) is 14.7. The minimum Gasteiger partial charge on any atom is -0.468 e. The van der Waals surface area contributed by atoms with Crippen molar-refractivity contribution in [3.8, 4) is 11.8 Å². The highest BCUT2D eigenvalue weighted by molar-refractivity contribution is 5.77. The highest BCUT2D eigenvalue weighted by Gasteiger charge is 2.27. The average Bonchev–Trinajstić information content (AvgIpc) is 2.67.